The molecule has 0 aliphatic heterocycles. The number of thioether (sulfide) groups is 1. The summed E-state index contributed by atoms with van der Waals surface area (Å²) in [4.78, 5) is 12.3. The van der Waals surface area contributed by atoms with Crippen LogP contribution in [0.5, 0.6) is 11.5 Å². The molecule has 0 aliphatic rings. The standard InChI is InChI=1S/C22H25ClN4O3S/c1-13-9-18(10-14(2)20(13)23)30-15(3)21-25-26-22(27(21)4)31-12-19(28)24-16-7-6-8-17(11-16)29-5/h6-11,15H,12H2,1-5H3,(H,24,28). The molecule has 1 aromatic heterocycles. The van der Waals surface area contributed by atoms with Crippen molar-refractivity contribution in [1.29, 1.82) is 0 Å². The van der Waals surface area contributed by atoms with Crippen LogP contribution in [0.25, 0.3) is 0 Å². The smallest absolute Gasteiger partial charge is 0.234 e. The Balaban J connectivity index is 1.61. The first-order valence-electron chi connectivity index (χ1n) is 9.68. The summed E-state index contributed by atoms with van der Waals surface area (Å²) in [7, 11) is 3.44. The molecule has 31 heavy (non-hydrogen) atoms. The van der Waals surface area contributed by atoms with E-state index in [4.69, 9.17) is 21.1 Å². The summed E-state index contributed by atoms with van der Waals surface area (Å²) >= 11 is 7.54. The zero-order chi connectivity index (χ0) is 22.5. The van der Waals surface area contributed by atoms with Crippen LogP contribution in [0.3, 0.4) is 0 Å². The number of aromatic nitrogens is 3. The number of halogens is 1. The molecule has 164 valence electrons. The van der Waals surface area contributed by atoms with Crippen molar-refractivity contribution in [2.24, 2.45) is 7.05 Å². The van der Waals surface area contributed by atoms with E-state index in [-0.39, 0.29) is 17.8 Å². The number of nitrogens with zero attached hydrogens (tertiary/aromatic N) is 3. The van der Waals surface area contributed by atoms with E-state index in [1.165, 1.54) is 11.8 Å². The molecule has 3 rings (SSSR count). The molecule has 2 aromatic carbocycles. The Morgan fingerprint density at radius 3 is 2.58 bits per heavy atom. The summed E-state index contributed by atoms with van der Waals surface area (Å²) < 4.78 is 13.1. The van der Waals surface area contributed by atoms with E-state index in [2.05, 4.69) is 15.5 Å². The average molecular weight is 461 g/mol. The quantitative estimate of drug-likeness (QED) is 0.478. The van der Waals surface area contributed by atoms with Crippen molar-refractivity contribution >= 4 is 35.0 Å². The van der Waals surface area contributed by atoms with Crippen molar-refractivity contribution in [3.05, 3.63) is 58.4 Å². The van der Waals surface area contributed by atoms with Gasteiger partial charge in [-0.1, -0.05) is 29.4 Å². The summed E-state index contributed by atoms with van der Waals surface area (Å²) in [6, 6.07) is 11.0. The van der Waals surface area contributed by atoms with Gasteiger partial charge in [-0.15, -0.1) is 10.2 Å². The predicted molar refractivity (Wildman–Crippen MR) is 123 cm³/mol. The van der Waals surface area contributed by atoms with Crippen LogP contribution in [0.1, 0.15) is 30.0 Å². The fraction of sp³-hybridized carbons (Fsp3) is 0.318. The second-order valence-corrected chi connectivity index (χ2v) is 8.42. The van der Waals surface area contributed by atoms with E-state index in [1.54, 1.807) is 13.2 Å². The zero-order valence-electron chi connectivity index (χ0n) is 18.1. The minimum absolute atomic E-state index is 0.140. The summed E-state index contributed by atoms with van der Waals surface area (Å²) in [5.74, 6) is 2.14. The maximum Gasteiger partial charge on any atom is 0.234 e. The molecule has 0 spiro atoms. The highest BCUT2D eigenvalue weighted by Gasteiger charge is 2.19. The number of nitrogens with one attached hydrogen (secondary N) is 1. The van der Waals surface area contributed by atoms with E-state index in [9.17, 15) is 4.79 Å². The second-order valence-electron chi connectivity index (χ2n) is 7.10. The summed E-state index contributed by atoms with van der Waals surface area (Å²) in [5, 5.41) is 12.7. The lowest BCUT2D eigenvalue weighted by Crippen LogP contribution is -2.15. The Kier molecular flexibility index (Phi) is 7.46. The number of carbonyl (C=O) groups excluding carboxylic acids is 1. The molecule has 1 heterocycles. The molecule has 0 fully saturated rings. The van der Waals surface area contributed by atoms with Crippen molar-refractivity contribution in [3.63, 3.8) is 0 Å². The third-order valence-electron chi connectivity index (χ3n) is 4.64. The molecule has 0 aliphatic carbocycles. The second kappa shape index (κ2) is 10.1. The van der Waals surface area contributed by atoms with Gasteiger partial charge in [0.15, 0.2) is 17.1 Å². The lowest BCUT2D eigenvalue weighted by atomic mass is 10.1. The van der Waals surface area contributed by atoms with Gasteiger partial charge in [-0.05, 0) is 56.2 Å². The van der Waals surface area contributed by atoms with E-state index in [0.717, 1.165) is 21.9 Å². The third kappa shape index (κ3) is 5.71. The van der Waals surface area contributed by atoms with Gasteiger partial charge in [0.2, 0.25) is 5.91 Å². The van der Waals surface area contributed by atoms with E-state index >= 15 is 0 Å². The van der Waals surface area contributed by atoms with E-state index in [1.807, 2.05) is 62.7 Å². The average Bonchev–Trinajstić information content (AvgIpc) is 3.11. The number of benzene rings is 2. The van der Waals surface area contributed by atoms with Gasteiger partial charge < -0.3 is 19.4 Å². The Labute approximate surface area is 191 Å². The first-order chi connectivity index (χ1) is 14.8. The van der Waals surface area contributed by atoms with Crippen LogP contribution >= 0.6 is 23.4 Å². The van der Waals surface area contributed by atoms with E-state index in [0.29, 0.717) is 22.4 Å². The van der Waals surface area contributed by atoms with Crippen LogP contribution in [-0.4, -0.2) is 33.5 Å². The van der Waals surface area contributed by atoms with Crippen LogP contribution in [0.4, 0.5) is 5.69 Å². The molecule has 1 amide bonds. The molecular weight excluding hydrogens is 436 g/mol. The lowest BCUT2D eigenvalue weighted by molar-refractivity contribution is -0.113. The number of ether oxygens (including phenoxy) is 2. The molecule has 0 saturated heterocycles. The van der Waals surface area contributed by atoms with Gasteiger partial charge in [-0.25, -0.2) is 0 Å². The number of hydrogen-bond donors (Lipinski definition) is 1. The minimum atomic E-state index is -0.322. The molecule has 1 unspecified atom stereocenters. The molecular formula is C22H25ClN4O3S. The van der Waals surface area contributed by atoms with Crippen molar-refractivity contribution in [2.75, 3.05) is 18.2 Å². The number of aryl methyl sites for hydroxylation is 2. The largest absolute Gasteiger partial charge is 0.497 e. The van der Waals surface area contributed by atoms with Crippen LogP contribution in [0.2, 0.25) is 5.02 Å². The maximum atomic E-state index is 12.3. The van der Waals surface area contributed by atoms with Gasteiger partial charge in [0.05, 0.1) is 12.9 Å². The highest BCUT2D eigenvalue weighted by molar-refractivity contribution is 7.99. The lowest BCUT2D eigenvalue weighted by Gasteiger charge is -2.16. The van der Waals surface area contributed by atoms with E-state index < -0.39 is 0 Å². The molecule has 0 saturated carbocycles. The van der Waals surface area contributed by atoms with Gasteiger partial charge in [0.1, 0.15) is 11.5 Å². The van der Waals surface area contributed by atoms with Gasteiger partial charge in [-0.3, -0.25) is 4.79 Å². The SMILES string of the molecule is COc1cccc(NC(=O)CSc2nnc(C(C)Oc3cc(C)c(Cl)c(C)c3)n2C)c1. The number of rotatable bonds is 8. The zero-order valence-corrected chi connectivity index (χ0v) is 19.7. The number of anilines is 1. The summed E-state index contributed by atoms with van der Waals surface area (Å²) in [6.45, 7) is 5.80. The monoisotopic (exact) mass is 460 g/mol. The maximum absolute atomic E-state index is 12.3. The fourth-order valence-corrected chi connectivity index (χ4v) is 3.89. The van der Waals surface area contributed by atoms with Crippen LogP contribution in [0.15, 0.2) is 41.6 Å². The topological polar surface area (TPSA) is 78.3 Å². The first-order valence-corrected chi connectivity index (χ1v) is 11.0. The normalized spacial score (nSPS) is 11.8. The number of amides is 1. The van der Waals surface area contributed by atoms with Crippen LogP contribution in [0, 0.1) is 13.8 Å². The van der Waals surface area contributed by atoms with Crippen molar-refractivity contribution in [2.45, 2.75) is 32.0 Å². The number of hydrogen-bond acceptors (Lipinski definition) is 6. The van der Waals surface area contributed by atoms with Crippen molar-refractivity contribution in [1.82, 2.24) is 14.8 Å². The summed E-state index contributed by atoms with van der Waals surface area (Å²) in [6.07, 6.45) is -0.322. The van der Waals surface area contributed by atoms with Gasteiger partial charge in [0, 0.05) is 23.8 Å². The molecule has 9 heteroatoms. The molecule has 1 N–H and O–H groups in total. The Bertz CT molecular complexity index is 1060. The Morgan fingerprint density at radius 2 is 1.90 bits per heavy atom. The van der Waals surface area contributed by atoms with Gasteiger partial charge in [-0.2, -0.15) is 0 Å². The minimum Gasteiger partial charge on any atom is -0.497 e. The highest BCUT2D eigenvalue weighted by atomic mass is 35.5. The fourth-order valence-electron chi connectivity index (χ4n) is 3.06. The van der Waals surface area contributed by atoms with Crippen LogP contribution in [-0.2, 0) is 11.8 Å². The van der Waals surface area contributed by atoms with Crippen molar-refractivity contribution in [3.8, 4) is 11.5 Å². The molecule has 0 bridgehead atoms. The van der Waals surface area contributed by atoms with Crippen LogP contribution < -0.4 is 14.8 Å². The van der Waals surface area contributed by atoms with Gasteiger partial charge in [0.25, 0.3) is 0 Å². The Hall–Kier alpha value is -2.71. The molecule has 7 nitrogen and oxygen atoms in total. The third-order valence-corrected chi connectivity index (χ3v) is 6.26. The first kappa shape index (κ1) is 23.0. The molecule has 0 radical (unpaired) electrons. The summed E-state index contributed by atoms with van der Waals surface area (Å²) in [5.41, 5.74) is 2.60. The van der Waals surface area contributed by atoms with Gasteiger partial charge >= 0.3 is 0 Å². The predicted octanol–water partition coefficient (Wildman–Crippen LogP) is 4.96. The highest BCUT2D eigenvalue weighted by Crippen LogP contribution is 2.29. The number of methoxy groups -OCH3 is 1. The van der Waals surface area contributed by atoms with Crippen molar-refractivity contribution < 1.29 is 14.3 Å². The Morgan fingerprint density at radius 1 is 1.19 bits per heavy atom. The molecule has 1 atom stereocenters. The molecule has 3 aromatic rings. The number of carbonyl (C=O) groups is 1.